The average molecular weight is 372 g/mol. The first-order valence-corrected chi connectivity index (χ1v) is 9.67. The van der Waals surface area contributed by atoms with Gasteiger partial charge in [0.1, 0.15) is 11.5 Å². The van der Waals surface area contributed by atoms with Gasteiger partial charge >= 0.3 is 0 Å². The molecule has 0 aromatic heterocycles. The third-order valence-electron chi connectivity index (χ3n) is 5.23. The van der Waals surface area contributed by atoms with Crippen LogP contribution in [0.3, 0.4) is 0 Å². The highest BCUT2D eigenvalue weighted by Gasteiger charge is 2.17. The number of hydrogen-bond donors (Lipinski definition) is 2. The van der Waals surface area contributed by atoms with Gasteiger partial charge in [0.25, 0.3) is 0 Å². The van der Waals surface area contributed by atoms with Crippen LogP contribution < -0.4 is 15.8 Å². The summed E-state index contributed by atoms with van der Waals surface area (Å²) in [7, 11) is 0. The van der Waals surface area contributed by atoms with Crippen LogP contribution >= 0.6 is 0 Å². The molecule has 0 bridgehead atoms. The molecule has 142 valence electrons. The first kappa shape index (κ1) is 18.3. The van der Waals surface area contributed by atoms with Crippen molar-refractivity contribution in [1.82, 2.24) is 5.32 Å². The van der Waals surface area contributed by atoms with Gasteiger partial charge in [-0.2, -0.15) is 0 Å². The van der Waals surface area contributed by atoms with Crippen molar-refractivity contribution < 1.29 is 9.53 Å². The van der Waals surface area contributed by atoms with Crippen molar-refractivity contribution in [3.63, 3.8) is 0 Å². The maximum atomic E-state index is 11.3. The summed E-state index contributed by atoms with van der Waals surface area (Å²) in [6.45, 7) is 1.89. The normalized spacial score (nSPS) is 13.0. The van der Waals surface area contributed by atoms with Gasteiger partial charge < -0.3 is 15.8 Å². The molecule has 0 aliphatic carbocycles. The van der Waals surface area contributed by atoms with Gasteiger partial charge in [0, 0.05) is 12.1 Å². The minimum absolute atomic E-state index is 0.434. The largest absolute Gasteiger partial charge is 0.457 e. The molecule has 0 unspecified atom stereocenters. The topological polar surface area (TPSA) is 64.4 Å². The third kappa shape index (κ3) is 4.07. The van der Waals surface area contributed by atoms with E-state index < -0.39 is 5.91 Å². The number of carbonyl (C=O) groups is 1. The van der Waals surface area contributed by atoms with Gasteiger partial charge in [0.2, 0.25) is 5.91 Å². The number of amides is 1. The Kier molecular flexibility index (Phi) is 5.40. The van der Waals surface area contributed by atoms with Crippen LogP contribution in [0.15, 0.2) is 66.7 Å². The molecule has 0 fully saturated rings. The molecular weight excluding hydrogens is 348 g/mol. The number of fused-ring (bicyclic) bond motifs is 1. The van der Waals surface area contributed by atoms with Crippen molar-refractivity contribution in [2.45, 2.75) is 25.8 Å². The fraction of sp³-hybridized carbons (Fsp3) is 0.208. The second-order valence-corrected chi connectivity index (χ2v) is 7.08. The lowest BCUT2D eigenvalue weighted by molar-refractivity contribution is 0.100. The molecule has 0 atom stereocenters. The summed E-state index contributed by atoms with van der Waals surface area (Å²) in [6, 6.07) is 21.7. The highest BCUT2D eigenvalue weighted by molar-refractivity contribution is 5.92. The highest BCUT2D eigenvalue weighted by atomic mass is 16.5. The third-order valence-corrected chi connectivity index (χ3v) is 5.23. The quantitative estimate of drug-likeness (QED) is 0.687. The van der Waals surface area contributed by atoms with Gasteiger partial charge in [-0.05, 0) is 78.4 Å². The summed E-state index contributed by atoms with van der Waals surface area (Å²) in [5.74, 6) is 1.17. The molecule has 4 heteroatoms. The van der Waals surface area contributed by atoms with E-state index >= 15 is 0 Å². The van der Waals surface area contributed by atoms with Gasteiger partial charge in [-0.3, -0.25) is 4.79 Å². The second-order valence-electron chi connectivity index (χ2n) is 7.08. The molecule has 1 heterocycles. The molecule has 0 saturated heterocycles. The standard InChI is InChI=1S/C24H24N2O2/c25-24(27)18-7-10-20(11-8-18)28-23-13-9-19-16-26-15-14-21(19)22(23)12-6-17-4-2-1-3-5-17/h1-5,7-11,13,26H,6,12,14-16H2,(H2,25,27). The number of hydrogen-bond acceptors (Lipinski definition) is 3. The Morgan fingerprint density at radius 1 is 0.964 bits per heavy atom. The first-order valence-electron chi connectivity index (χ1n) is 9.67. The van der Waals surface area contributed by atoms with Gasteiger partial charge in [-0.15, -0.1) is 0 Å². The summed E-state index contributed by atoms with van der Waals surface area (Å²) in [6.07, 6.45) is 2.92. The van der Waals surface area contributed by atoms with E-state index in [-0.39, 0.29) is 0 Å². The second kappa shape index (κ2) is 8.28. The summed E-state index contributed by atoms with van der Waals surface area (Å²) >= 11 is 0. The molecule has 1 aliphatic rings. The number of aryl methyl sites for hydroxylation is 1. The van der Waals surface area contributed by atoms with E-state index in [0.717, 1.165) is 38.1 Å². The van der Waals surface area contributed by atoms with E-state index in [1.165, 1.54) is 22.3 Å². The molecule has 3 aromatic carbocycles. The van der Waals surface area contributed by atoms with E-state index in [4.69, 9.17) is 10.5 Å². The molecule has 4 nitrogen and oxygen atoms in total. The van der Waals surface area contributed by atoms with Crippen molar-refractivity contribution in [2.24, 2.45) is 5.73 Å². The Balaban J connectivity index is 1.62. The predicted molar refractivity (Wildman–Crippen MR) is 111 cm³/mol. The van der Waals surface area contributed by atoms with Crippen LogP contribution in [-0.4, -0.2) is 12.5 Å². The molecule has 4 rings (SSSR count). The molecular formula is C24H24N2O2. The zero-order valence-electron chi connectivity index (χ0n) is 15.8. The van der Waals surface area contributed by atoms with E-state index in [1.807, 2.05) is 6.07 Å². The number of rotatable bonds is 6. The lowest BCUT2D eigenvalue weighted by atomic mass is 9.91. The lowest BCUT2D eigenvalue weighted by Crippen LogP contribution is -2.25. The molecule has 0 radical (unpaired) electrons. The van der Waals surface area contributed by atoms with Crippen molar-refractivity contribution in [1.29, 1.82) is 0 Å². The van der Waals surface area contributed by atoms with Crippen LogP contribution in [0.1, 0.15) is 32.6 Å². The van der Waals surface area contributed by atoms with E-state index in [0.29, 0.717) is 11.3 Å². The van der Waals surface area contributed by atoms with Crippen LogP contribution in [0.4, 0.5) is 0 Å². The zero-order valence-corrected chi connectivity index (χ0v) is 15.8. The highest BCUT2D eigenvalue weighted by Crippen LogP contribution is 2.32. The number of nitrogens with two attached hydrogens (primary N) is 1. The van der Waals surface area contributed by atoms with Gasteiger partial charge in [0.05, 0.1) is 0 Å². The number of carbonyl (C=O) groups excluding carboxylic acids is 1. The molecule has 3 N–H and O–H groups in total. The van der Waals surface area contributed by atoms with E-state index in [2.05, 4.69) is 41.7 Å². The Labute approximate surface area is 165 Å². The number of nitrogens with one attached hydrogen (secondary N) is 1. The van der Waals surface area contributed by atoms with Crippen molar-refractivity contribution >= 4 is 5.91 Å². The van der Waals surface area contributed by atoms with Crippen LogP contribution in [-0.2, 0) is 25.8 Å². The molecule has 1 aliphatic heterocycles. The number of benzene rings is 3. The average Bonchev–Trinajstić information content (AvgIpc) is 2.74. The zero-order chi connectivity index (χ0) is 19.3. The van der Waals surface area contributed by atoms with E-state index in [9.17, 15) is 4.79 Å². The summed E-state index contributed by atoms with van der Waals surface area (Å²) < 4.78 is 6.23. The van der Waals surface area contributed by atoms with Gasteiger partial charge in [-0.1, -0.05) is 36.4 Å². The molecule has 0 saturated carbocycles. The van der Waals surface area contributed by atoms with Crippen LogP contribution in [0.2, 0.25) is 0 Å². The van der Waals surface area contributed by atoms with Crippen molar-refractivity contribution in [2.75, 3.05) is 6.54 Å². The Morgan fingerprint density at radius 2 is 1.75 bits per heavy atom. The van der Waals surface area contributed by atoms with Crippen LogP contribution in [0.5, 0.6) is 11.5 Å². The van der Waals surface area contributed by atoms with Crippen LogP contribution in [0.25, 0.3) is 0 Å². The molecule has 1 amide bonds. The molecule has 3 aromatic rings. The Morgan fingerprint density at radius 3 is 2.50 bits per heavy atom. The fourth-order valence-electron chi connectivity index (χ4n) is 3.73. The summed E-state index contributed by atoms with van der Waals surface area (Å²) in [4.78, 5) is 11.3. The minimum Gasteiger partial charge on any atom is -0.457 e. The maximum Gasteiger partial charge on any atom is 0.248 e. The summed E-state index contributed by atoms with van der Waals surface area (Å²) in [5, 5.41) is 3.44. The van der Waals surface area contributed by atoms with Crippen molar-refractivity contribution in [3.05, 3.63) is 94.5 Å². The molecule has 0 spiro atoms. The predicted octanol–water partition coefficient (Wildman–Crippen LogP) is 4.01. The first-order chi connectivity index (χ1) is 13.7. The Hall–Kier alpha value is -3.11. The monoisotopic (exact) mass is 372 g/mol. The van der Waals surface area contributed by atoms with Crippen LogP contribution in [0, 0.1) is 0 Å². The van der Waals surface area contributed by atoms with E-state index in [1.54, 1.807) is 24.3 Å². The fourth-order valence-corrected chi connectivity index (χ4v) is 3.73. The van der Waals surface area contributed by atoms with Crippen molar-refractivity contribution in [3.8, 4) is 11.5 Å². The SMILES string of the molecule is NC(=O)c1ccc(Oc2ccc3c(c2CCc2ccccc2)CCNC3)cc1. The summed E-state index contributed by atoms with van der Waals surface area (Å²) in [5.41, 5.74) is 11.2. The number of primary amides is 1. The maximum absolute atomic E-state index is 11.3. The van der Waals surface area contributed by atoms with Gasteiger partial charge in [-0.25, -0.2) is 0 Å². The Bertz CT molecular complexity index is 966. The smallest absolute Gasteiger partial charge is 0.248 e. The molecule has 28 heavy (non-hydrogen) atoms. The number of ether oxygens (including phenoxy) is 1. The lowest BCUT2D eigenvalue weighted by Gasteiger charge is -2.23. The minimum atomic E-state index is -0.434. The van der Waals surface area contributed by atoms with Gasteiger partial charge in [0.15, 0.2) is 0 Å².